The van der Waals surface area contributed by atoms with Crippen molar-refractivity contribution in [3.05, 3.63) is 17.5 Å². The molecule has 0 saturated heterocycles. The van der Waals surface area contributed by atoms with Crippen molar-refractivity contribution in [1.82, 2.24) is 9.78 Å². The van der Waals surface area contributed by atoms with E-state index in [0.717, 1.165) is 25.1 Å². The molecule has 0 aliphatic rings. The van der Waals surface area contributed by atoms with Crippen LogP contribution in [0.2, 0.25) is 0 Å². The molecule has 2 atom stereocenters. The zero-order valence-electron chi connectivity index (χ0n) is 11.9. The lowest BCUT2D eigenvalue weighted by molar-refractivity contribution is 0.363. The molecule has 17 heavy (non-hydrogen) atoms. The number of nitrogens with two attached hydrogens (primary N) is 1. The number of rotatable bonds is 6. The molecule has 0 bridgehead atoms. The van der Waals surface area contributed by atoms with Gasteiger partial charge in [-0.25, -0.2) is 0 Å². The molecule has 0 fully saturated rings. The molecule has 1 heterocycles. The highest BCUT2D eigenvalue weighted by atomic mass is 15.3. The molecule has 1 aromatic rings. The molecule has 98 valence electrons. The first-order valence-electron chi connectivity index (χ1n) is 6.81. The number of aromatic nitrogens is 2. The topological polar surface area (TPSA) is 43.8 Å². The Kier molecular flexibility index (Phi) is 5.19. The summed E-state index contributed by atoms with van der Waals surface area (Å²) in [6, 6.07) is 2.27. The third-order valence-corrected chi connectivity index (χ3v) is 3.32. The van der Waals surface area contributed by atoms with Gasteiger partial charge in [-0.3, -0.25) is 4.68 Å². The Morgan fingerprint density at radius 2 is 1.94 bits per heavy atom. The quantitative estimate of drug-likeness (QED) is 0.826. The van der Waals surface area contributed by atoms with Crippen LogP contribution < -0.4 is 5.73 Å². The molecular formula is C14H27N3. The van der Waals surface area contributed by atoms with E-state index in [1.54, 1.807) is 0 Å². The van der Waals surface area contributed by atoms with Crippen LogP contribution in [0.4, 0.5) is 0 Å². The summed E-state index contributed by atoms with van der Waals surface area (Å²) in [5.74, 6) is 1.20. The lowest BCUT2D eigenvalue weighted by Crippen LogP contribution is -2.23. The lowest BCUT2D eigenvalue weighted by atomic mass is 9.90. The van der Waals surface area contributed by atoms with Crippen LogP contribution >= 0.6 is 0 Å². The summed E-state index contributed by atoms with van der Waals surface area (Å²) in [5.41, 5.74) is 8.71. The minimum atomic E-state index is 0.102. The standard InChI is InChI=1S/C14H27N3/c1-6-12-9-13(17(7-2)16-12)14(15)11(5)8-10(3)4/h9-11,14H,6-8,15H2,1-5H3. The van der Waals surface area contributed by atoms with Crippen molar-refractivity contribution in [3.63, 3.8) is 0 Å². The Morgan fingerprint density at radius 1 is 1.29 bits per heavy atom. The zero-order valence-corrected chi connectivity index (χ0v) is 11.9. The van der Waals surface area contributed by atoms with Crippen molar-refractivity contribution < 1.29 is 0 Å². The first-order valence-corrected chi connectivity index (χ1v) is 6.81. The van der Waals surface area contributed by atoms with E-state index in [1.165, 1.54) is 5.69 Å². The summed E-state index contributed by atoms with van der Waals surface area (Å²) in [6.45, 7) is 11.9. The molecule has 0 saturated carbocycles. The Morgan fingerprint density at radius 3 is 2.41 bits per heavy atom. The minimum absolute atomic E-state index is 0.102. The van der Waals surface area contributed by atoms with Gasteiger partial charge in [0.15, 0.2) is 0 Å². The predicted octanol–water partition coefficient (Wildman–Crippen LogP) is 3.15. The van der Waals surface area contributed by atoms with Crippen molar-refractivity contribution in [1.29, 1.82) is 0 Å². The van der Waals surface area contributed by atoms with Gasteiger partial charge in [0.2, 0.25) is 0 Å². The molecule has 0 spiro atoms. The largest absolute Gasteiger partial charge is 0.322 e. The van der Waals surface area contributed by atoms with Crippen molar-refractivity contribution >= 4 is 0 Å². The van der Waals surface area contributed by atoms with Gasteiger partial charge in [-0.2, -0.15) is 5.10 Å². The van der Waals surface area contributed by atoms with E-state index in [0.29, 0.717) is 11.8 Å². The second-order valence-electron chi connectivity index (χ2n) is 5.36. The highest BCUT2D eigenvalue weighted by Crippen LogP contribution is 2.25. The summed E-state index contributed by atoms with van der Waals surface area (Å²) in [6.07, 6.45) is 2.14. The monoisotopic (exact) mass is 237 g/mol. The highest BCUT2D eigenvalue weighted by molar-refractivity contribution is 5.15. The fourth-order valence-electron chi connectivity index (χ4n) is 2.36. The maximum Gasteiger partial charge on any atom is 0.0625 e. The smallest absolute Gasteiger partial charge is 0.0625 e. The number of nitrogens with zero attached hydrogens (tertiary/aromatic N) is 2. The van der Waals surface area contributed by atoms with Gasteiger partial charge in [-0.1, -0.05) is 27.7 Å². The molecule has 3 nitrogen and oxygen atoms in total. The first-order chi connectivity index (χ1) is 7.99. The molecule has 0 aromatic carbocycles. The SMILES string of the molecule is CCc1cc(C(N)C(C)CC(C)C)n(CC)n1. The molecule has 1 aromatic heterocycles. The van der Waals surface area contributed by atoms with Gasteiger partial charge in [0.1, 0.15) is 0 Å². The Balaban J connectivity index is 2.86. The third kappa shape index (κ3) is 3.56. The van der Waals surface area contributed by atoms with Crippen molar-refractivity contribution in [2.75, 3.05) is 0 Å². The third-order valence-electron chi connectivity index (χ3n) is 3.32. The van der Waals surface area contributed by atoms with E-state index in [4.69, 9.17) is 5.73 Å². The van der Waals surface area contributed by atoms with E-state index >= 15 is 0 Å². The van der Waals surface area contributed by atoms with Crippen LogP contribution in [0.15, 0.2) is 6.07 Å². The number of hydrogen-bond acceptors (Lipinski definition) is 2. The molecular weight excluding hydrogens is 210 g/mol. The summed E-state index contributed by atoms with van der Waals surface area (Å²) >= 11 is 0. The first kappa shape index (κ1) is 14.2. The predicted molar refractivity (Wildman–Crippen MR) is 72.8 cm³/mol. The summed E-state index contributed by atoms with van der Waals surface area (Å²) < 4.78 is 2.06. The molecule has 0 aliphatic carbocycles. The van der Waals surface area contributed by atoms with Gasteiger partial charge >= 0.3 is 0 Å². The minimum Gasteiger partial charge on any atom is -0.322 e. The van der Waals surface area contributed by atoms with Crippen LogP contribution in [0.1, 0.15) is 58.5 Å². The zero-order chi connectivity index (χ0) is 13.0. The molecule has 3 heteroatoms. The van der Waals surface area contributed by atoms with E-state index in [1.807, 2.05) is 0 Å². The fraction of sp³-hybridized carbons (Fsp3) is 0.786. The summed E-state index contributed by atoms with van der Waals surface area (Å²) in [5, 5.41) is 4.57. The highest BCUT2D eigenvalue weighted by Gasteiger charge is 2.20. The molecule has 2 unspecified atom stereocenters. The summed E-state index contributed by atoms with van der Waals surface area (Å²) in [7, 11) is 0. The molecule has 0 amide bonds. The fourth-order valence-corrected chi connectivity index (χ4v) is 2.36. The average Bonchev–Trinajstić information content (AvgIpc) is 2.70. The van der Waals surface area contributed by atoms with Gasteiger partial charge in [-0.05, 0) is 37.7 Å². The normalized spacial score (nSPS) is 15.2. The lowest BCUT2D eigenvalue weighted by Gasteiger charge is -2.22. The Bertz CT molecular complexity index is 341. The summed E-state index contributed by atoms with van der Waals surface area (Å²) in [4.78, 5) is 0. The average molecular weight is 237 g/mol. The van der Waals surface area contributed by atoms with Crippen LogP contribution in [-0.2, 0) is 13.0 Å². The molecule has 1 rings (SSSR count). The van der Waals surface area contributed by atoms with E-state index in [2.05, 4.69) is 50.5 Å². The number of hydrogen-bond donors (Lipinski definition) is 1. The van der Waals surface area contributed by atoms with Crippen LogP contribution in [0.25, 0.3) is 0 Å². The molecule has 0 radical (unpaired) electrons. The Labute approximate surface area is 105 Å². The van der Waals surface area contributed by atoms with E-state index < -0.39 is 0 Å². The van der Waals surface area contributed by atoms with Crippen molar-refractivity contribution in [2.24, 2.45) is 17.6 Å². The van der Waals surface area contributed by atoms with Crippen LogP contribution in [0, 0.1) is 11.8 Å². The second-order valence-corrected chi connectivity index (χ2v) is 5.36. The van der Waals surface area contributed by atoms with E-state index in [-0.39, 0.29) is 6.04 Å². The second kappa shape index (κ2) is 6.20. The molecule has 2 N–H and O–H groups in total. The Hall–Kier alpha value is -0.830. The molecule has 0 aliphatic heterocycles. The van der Waals surface area contributed by atoms with Crippen molar-refractivity contribution in [3.8, 4) is 0 Å². The van der Waals surface area contributed by atoms with Crippen LogP contribution in [0.3, 0.4) is 0 Å². The van der Waals surface area contributed by atoms with Gasteiger partial charge in [-0.15, -0.1) is 0 Å². The van der Waals surface area contributed by atoms with Crippen LogP contribution in [0.5, 0.6) is 0 Å². The van der Waals surface area contributed by atoms with Gasteiger partial charge in [0.05, 0.1) is 11.4 Å². The van der Waals surface area contributed by atoms with Crippen molar-refractivity contribution in [2.45, 2.75) is 60.0 Å². The van der Waals surface area contributed by atoms with Gasteiger partial charge in [0.25, 0.3) is 0 Å². The van der Waals surface area contributed by atoms with Gasteiger partial charge < -0.3 is 5.73 Å². The van der Waals surface area contributed by atoms with E-state index in [9.17, 15) is 0 Å². The number of aryl methyl sites for hydroxylation is 2. The van der Waals surface area contributed by atoms with Gasteiger partial charge in [0, 0.05) is 12.6 Å². The van der Waals surface area contributed by atoms with Crippen LogP contribution in [-0.4, -0.2) is 9.78 Å². The maximum atomic E-state index is 6.37. The maximum absolute atomic E-state index is 6.37.